The van der Waals surface area contributed by atoms with Crippen molar-refractivity contribution in [3.63, 3.8) is 0 Å². The third-order valence-electron chi connectivity index (χ3n) is 12.8. The van der Waals surface area contributed by atoms with Gasteiger partial charge in [-0.15, -0.1) is 16.4 Å². The van der Waals surface area contributed by atoms with Crippen LogP contribution < -0.4 is 27.3 Å². The molecule has 0 aliphatic carbocycles. The number of hydrogen-bond acceptors (Lipinski definition) is 2. The lowest BCUT2D eigenvalue weighted by Crippen LogP contribution is -2.55. The Balaban J connectivity index is 1.10. The summed E-state index contributed by atoms with van der Waals surface area (Å²) in [5.41, 5.74) is 11.4. The molecule has 0 aliphatic heterocycles. The Labute approximate surface area is 376 Å². The first-order valence-electron chi connectivity index (χ1n) is 21.2. The van der Waals surface area contributed by atoms with Crippen molar-refractivity contribution in [2.45, 2.75) is 0 Å². The summed E-state index contributed by atoms with van der Waals surface area (Å²) in [6, 6.07) is 64.2. The first-order chi connectivity index (χ1) is 31.3. The maximum absolute atomic E-state index is 6.59. The van der Waals surface area contributed by atoms with Gasteiger partial charge < -0.3 is 4.57 Å². The fourth-order valence-corrected chi connectivity index (χ4v) is 9.57. The summed E-state index contributed by atoms with van der Waals surface area (Å²) in [6.07, 6.45) is 0. The third kappa shape index (κ3) is 5.97. The maximum Gasteiger partial charge on any atom is 0.161 e. The third-order valence-corrected chi connectivity index (χ3v) is 12.8. The molecular weight excluding hydrogens is 769 g/mol. The molecule has 0 aliphatic rings. The summed E-state index contributed by atoms with van der Waals surface area (Å²) in [5, 5.41) is 9.94. The van der Waals surface area contributed by atoms with E-state index in [4.69, 9.17) is 49.2 Å². The van der Waals surface area contributed by atoms with Crippen molar-refractivity contribution >= 4 is 132 Å². The molecule has 0 saturated carbocycles. The molecule has 0 unspecified atom stereocenters. The lowest BCUT2D eigenvalue weighted by molar-refractivity contribution is 1.19. The van der Waals surface area contributed by atoms with Crippen LogP contribution in [0.4, 0.5) is 0 Å². The van der Waals surface area contributed by atoms with Crippen LogP contribution in [0.1, 0.15) is 0 Å². The van der Waals surface area contributed by atoms with Crippen LogP contribution in [0.25, 0.3) is 116 Å². The van der Waals surface area contributed by atoms with E-state index in [2.05, 4.69) is 156 Å². The fourth-order valence-electron chi connectivity index (χ4n) is 9.57. The van der Waals surface area contributed by atoms with E-state index in [1.165, 1.54) is 27.1 Å². The molecule has 0 N–H and O–H groups in total. The van der Waals surface area contributed by atoms with Crippen molar-refractivity contribution in [2.24, 2.45) is 0 Å². The van der Waals surface area contributed by atoms with Crippen molar-refractivity contribution in [3.8, 4) is 50.6 Å². The quantitative estimate of drug-likeness (QED) is 0.163. The number of aromatic nitrogens is 3. The summed E-state index contributed by atoms with van der Waals surface area (Å²) in [4.78, 5) is 10.7. The average molecular weight is 799 g/mol. The smallest absolute Gasteiger partial charge is 0.161 e. The predicted molar refractivity (Wildman–Crippen MR) is 275 cm³/mol. The van der Waals surface area contributed by atoms with Crippen molar-refractivity contribution < 1.29 is 0 Å². The minimum absolute atomic E-state index is 0.172. The monoisotopic (exact) mass is 799 g/mol. The highest BCUT2D eigenvalue weighted by atomic mass is 15.0. The van der Waals surface area contributed by atoms with Gasteiger partial charge in [0.1, 0.15) is 39.2 Å². The van der Waals surface area contributed by atoms with Gasteiger partial charge >= 0.3 is 0 Å². The van der Waals surface area contributed by atoms with Crippen LogP contribution in [-0.2, 0) is 0 Å². The zero-order chi connectivity index (χ0) is 43.2. The molecule has 284 valence electrons. The van der Waals surface area contributed by atoms with Gasteiger partial charge in [-0.3, -0.25) is 0 Å². The second-order valence-corrected chi connectivity index (χ2v) is 16.5. The normalized spacial score (nSPS) is 11.8. The van der Waals surface area contributed by atoms with Gasteiger partial charge in [0.05, 0.1) is 27.9 Å². The number of benzene rings is 10. The summed E-state index contributed by atoms with van der Waals surface area (Å²) in [6.45, 7) is 0. The molecule has 10 aromatic carbocycles. The Morgan fingerprint density at radius 2 is 0.953 bits per heavy atom. The van der Waals surface area contributed by atoms with Gasteiger partial charge in [0.2, 0.25) is 0 Å². The lowest BCUT2D eigenvalue weighted by Gasteiger charge is -2.22. The first kappa shape index (κ1) is 38.1. The van der Waals surface area contributed by atoms with Gasteiger partial charge in [0, 0.05) is 32.7 Å². The largest absolute Gasteiger partial charge is 0.309 e. The van der Waals surface area contributed by atoms with Gasteiger partial charge in [-0.25, -0.2) is 9.97 Å². The van der Waals surface area contributed by atoms with E-state index in [0.29, 0.717) is 11.4 Å². The standard InChI is InChI=1S/C56H30B5N3/c57-50-49(51(58)53(60)54(61)52(50)59)37-21-24-45-44(28-37)55(38-19-18-32-12-4-5-13-33(32)26-38)63-56(62-45)42-23-25-46(40-17-9-8-16-39(40)42)64-47-30-36(31-10-2-1-3-11-31)20-22-41(47)43-27-34-14-6-7-15-35(34)29-48(43)64/h1-30H. The molecule has 2 heterocycles. The van der Waals surface area contributed by atoms with E-state index in [9.17, 15) is 0 Å². The summed E-state index contributed by atoms with van der Waals surface area (Å²) < 4.78 is 2.42. The Morgan fingerprint density at radius 3 is 1.72 bits per heavy atom. The van der Waals surface area contributed by atoms with Crippen molar-refractivity contribution in [1.29, 1.82) is 0 Å². The first-order valence-corrected chi connectivity index (χ1v) is 21.2. The Morgan fingerprint density at radius 1 is 0.344 bits per heavy atom. The zero-order valence-electron chi connectivity index (χ0n) is 34.5. The van der Waals surface area contributed by atoms with E-state index in [1.807, 2.05) is 30.3 Å². The summed E-state index contributed by atoms with van der Waals surface area (Å²) in [7, 11) is 32.0. The van der Waals surface area contributed by atoms with Gasteiger partial charge in [-0.1, -0.05) is 144 Å². The van der Waals surface area contributed by atoms with Crippen molar-refractivity contribution in [1.82, 2.24) is 14.5 Å². The van der Waals surface area contributed by atoms with Gasteiger partial charge in [-0.2, -0.15) is 0 Å². The number of nitrogens with zero attached hydrogens (tertiary/aromatic N) is 3. The second-order valence-electron chi connectivity index (χ2n) is 16.5. The summed E-state index contributed by atoms with van der Waals surface area (Å²) in [5.74, 6) is 0.603. The highest BCUT2D eigenvalue weighted by Crippen LogP contribution is 2.41. The Hall–Kier alpha value is -7.56. The molecule has 0 saturated heterocycles. The van der Waals surface area contributed by atoms with E-state index in [1.54, 1.807) is 0 Å². The van der Waals surface area contributed by atoms with E-state index >= 15 is 0 Å². The molecule has 64 heavy (non-hydrogen) atoms. The molecule has 0 atom stereocenters. The predicted octanol–water partition coefficient (Wildman–Crippen LogP) is 8.82. The van der Waals surface area contributed by atoms with Gasteiger partial charge in [0.25, 0.3) is 0 Å². The molecule has 12 rings (SSSR count). The van der Waals surface area contributed by atoms with Gasteiger partial charge in [0.15, 0.2) is 5.82 Å². The Bertz CT molecular complexity index is 3890. The van der Waals surface area contributed by atoms with Crippen molar-refractivity contribution in [2.75, 3.05) is 0 Å². The molecule has 12 aromatic rings. The van der Waals surface area contributed by atoms with E-state index in [-0.39, 0.29) is 27.3 Å². The second kappa shape index (κ2) is 14.8. The fraction of sp³-hybridized carbons (Fsp3) is 0. The van der Waals surface area contributed by atoms with Crippen LogP contribution in [0.3, 0.4) is 0 Å². The Kier molecular flexibility index (Phi) is 8.81. The minimum Gasteiger partial charge on any atom is -0.309 e. The number of fused-ring (bicyclic) bond motifs is 7. The zero-order valence-corrected chi connectivity index (χ0v) is 34.5. The number of hydrogen-bond donors (Lipinski definition) is 0. The molecule has 10 radical (unpaired) electrons. The van der Waals surface area contributed by atoms with Crippen LogP contribution in [0.5, 0.6) is 0 Å². The molecular formula is C56H30B5N3. The molecule has 2 aromatic heterocycles. The van der Waals surface area contributed by atoms with Crippen LogP contribution >= 0.6 is 0 Å². The molecule has 0 amide bonds. The molecule has 0 spiro atoms. The van der Waals surface area contributed by atoms with Crippen LogP contribution in [0.15, 0.2) is 182 Å². The van der Waals surface area contributed by atoms with Crippen LogP contribution in [-0.4, -0.2) is 53.8 Å². The molecule has 0 bridgehead atoms. The van der Waals surface area contributed by atoms with E-state index in [0.717, 1.165) is 77.1 Å². The average Bonchev–Trinajstić information content (AvgIpc) is 3.65. The lowest BCUT2D eigenvalue weighted by atomic mass is 9.59. The summed E-state index contributed by atoms with van der Waals surface area (Å²) >= 11 is 0. The number of rotatable bonds is 5. The minimum atomic E-state index is 0.172. The highest BCUT2D eigenvalue weighted by Gasteiger charge is 2.21. The van der Waals surface area contributed by atoms with Gasteiger partial charge in [-0.05, 0) is 97.7 Å². The maximum atomic E-state index is 6.59. The van der Waals surface area contributed by atoms with E-state index < -0.39 is 0 Å². The molecule has 3 nitrogen and oxygen atoms in total. The molecule has 0 fully saturated rings. The highest BCUT2D eigenvalue weighted by molar-refractivity contribution is 6.68. The van der Waals surface area contributed by atoms with Crippen LogP contribution in [0.2, 0.25) is 0 Å². The SMILES string of the molecule is [B]c1c([B])c([B])c(-c2ccc3nc(-c4ccc(-n5c6cc(-c7ccccc7)ccc6c6cc7ccccc7cc65)c5ccccc45)nc(-c4ccc5ccccc5c4)c3c2)c([B])c1[B]. The molecule has 8 heteroatoms. The topological polar surface area (TPSA) is 30.7 Å². The van der Waals surface area contributed by atoms with Crippen molar-refractivity contribution in [3.05, 3.63) is 182 Å². The van der Waals surface area contributed by atoms with Crippen LogP contribution in [0, 0.1) is 0 Å².